The quantitative estimate of drug-likeness (QED) is 0.794. The van der Waals surface area contributed by atoms with Crippen LogP contribution < -0.4 is 14.4 Å². The highest BCUT2D eigenvalue weighted by molar-refractivity contribution is 7.90. The highest BCUT2D eigenvalue weighted by Crippen LogP contribution is 2.24. The Morgan fingerprint density at radius 3 is 2.46 bits per heavy atom. The van der Waals surface area contributed by atoms with Crippen molar-refractivity contribution >= 4 is 33.3 Å². The highest BCUT2D eigenvalue weighted by Gasteiger charge is 2.22. The van der Waals surface area contributed by atoms with Gasteiger partial charge in [-0.1, -0.05) is 24.4 Å². The molecule has 0 atom stereocenters. The van der Waals surface area contributed by atoms with Crippen molar-refractivity contribution in [1.29, 1.82) is 0 Å². The Morgan fingerprint density at radius 1 is 1.14 bits per heavy atom. The molecule has 0 spiro atoms. The number of hydrogen-bond donors (Lipinski definition) is 1. The van der Waals surface area contributed by atoms with Crippen LogP contribution in [0.2, 0.25) is 5.02 Å². The van der Waals surface area contributed by atoms with Gasteiger partial charge in [0, 0.05) is 24.3 Å². The molecule has 1 aromatic heterocycles. The summed E-state index contributed by atoms with van der Waals surface area (Å²) in [5, 5.41) is 0.379. The van der Waals surface area contributed by atoms with Crippen molar-refractivity contribution in [2.75, 3.05) is 25.1 Å². The Bertz CT molecular complexity index is 940. The number of amides is 1. The second-order valence-corrected chi connectivity index (χ2v) is 8.65. The molecule has 1 saturated heterocycles. The van der Waals surface area contributed by atoms with Crippen molar-refractivity contribution < 1.29 is 17.9 Å². The largest absolute Gasteiger partial charge is 0.496 e. The smallest absolute Gasteiger partial charge is 0.268 e. The molecule has 3 rings (SSSR count). The average molecular weight is 424 g/mol. The van der Waals surface area contributed by atoms with Crippen LogP contribution in [0, 0.1) is 0 Å². The van der Waals surface area contributed by atoms with Crippen LogP contribution in [0.5, 0.6) is 5.75 Å². The molecule has 0 saturated carbocycles. The van der Waals surface area contributed by atoms with E-state index < -0.39 is 15.9 Å². The maximum atomic E-state index is 12.6. The zero-order valence-electron chi connectivity index (χ0n) is 15.5. The molecule has 9 heteroatoms. The number of carbonyl (C=O) groups is 1. The molecule has 2 heterocycles. The van der Waals surface area contributed by atoms with Crippen LogP contribution in [0.25, 0.3) is 0 Å². The average Bonchev–Trinajstić information content (AvgIpc) is 2.97. The van der Waals surface area contributed by atoms with E-state index in [4.69, 9.17) is 16.3 Å². The van der Waals surface area contributed by atoms with Gasteiger partial charge in [0.15, 0.2) is 0 Å². The summed E-state index contributed by atoms with van der Waals surface area (Å²) in [5.41, 5.74) is 0.0737. The topological polar surface area (TPSA) is 88.6 Å². The summed E-state index contributed by atoms with van der Waals surface area (Å²) in [4.78, 5) is 18.8. The Kier molecular flexibility index (Phi) is 6.41. The molecule has 28 heavy (non-hydrogen) atoms. The van der Waals surface area contributed by atoms with Crippen molar-refractivity contribution in [1.82, 2.24) is 9.71 Å². The zero-order chi connectivity index (χ0) is 20.1. The highest BCUT2D eigenvalue weighted by atomic mass is 35.5. The zero-order valence-corrected chi connectivity index (χ0v) is 17.1. The summed E-state index contributed by atoms with van der Waals surface area (Å²) >= 11 is 5.88. The lowest BCUT2D eigenvalue weighted by Gasteiger charge is -2.21. The molecule has 7 nitrogen and oxygen atoms in total. The standard InChI is InChI=1S/C19H22ClN3O4S/c1-27-17-12-14(20)6-8-16(17)19(24)22-28(25,26)15-7-9-18(21-13-15)23-10-4-2-3-5-11-23/h6-9,12-13H,2-5,10-11H2,1H3,(H,22,24). The predicted molar refractivity (Wildman–Crippen MR) is 108 cm³/mol. The lowest BCUT2D eigenvalue weighted by Crippen LogP contribution is -2.31. The van der Waals surface area contributed by atoms with Gasteiger partial charge in [0.05, 0.1) is 12.7 Å². The van der Waals surface area contributed by atoms with Crippen LogP contribution in [0.15, 0.2) is 41.4 Å². The molecule has 1 aliphatic heterocycles. The summed E-state index contributed by atoms with van der Waals surface area (Å²) in [7, 11) is -2.69. The second kappa shape index (κ2) is 8.79. The maximum absolute atomic E-state index is 12.6. The minimum atomic E-state index is -4.07. The monoisotopic (exact) mass is 423 g/mol. The fourth-order valence-electron chi connectivity index (χ4n) is 3.11. The number of sulfonamides is 1. The van der Waals surface area contributed by atoms with E-state index in [1.807, 2.05) is 4.72 Å². The van der Waals surface area contributed by atoms with E-state index in [9.17, 15) is 13.2 Å². The molecule has 1 N–H and O–H groups in total. The van der Waals surface area contributed by atoms with Gasteiger partial charge < -0.3 is 9.64 Å². The molecule has 2 aromatic rings. The molecule has 150 valence electrons. The van der Waals surface area contributed by atoms with Crippen LogP contribution in [-0.2, 0) is 10.0 Å². The lowest BCUT2D eigenvalue weighted by atomic mass is 10.2. The molecule has 1 aromatic carbocycles. The number of carbonyl (C=O) groups excluding carboxylic acids is 1. The number of benzene rings is 1. The molecular formula is C19H22ClN3O4S. The fourth-order valence-corrected chi connectivity index (χ4v) is 4.18. The van der Waals surface area contributed by atoms with E-state index in [0.717, 1.165) is 31.7 Å². The summed E-state index contributed by atoms with van der Waals surface area (Å²) in [6, 6.07) is 7.48. The molecule has 0 bridgehead atoms. The van der Waals surface area contributed by atoms with Gasteiger partial charge in [0.25, 0.3) is 15.9 Å². The number of anilines is 1. The van der Waals surface area contributed by atoms with Crippen LogP contribution >= 0.6 is 11.6 Å². The van der Waals surface area contributed by atoms with Gasteiger partial charge in [0.2, 0.25) is 0 Å². The Hall–Kier alpha value is -2.32. The third-order valence-corrected chi connectivity index (χ3v) is 6.15. The van der Waals surface area contributed by atoms with Crippen molar-refractivity contribution in [2.45, 2.75) is 30.6 Å². The van der Waals surface area contributed by atoms with E-state index in [1.54, 1.807) is 6.07 Å². The lowest BCUT2D eigenvalue weighted by molar-refractivity contribution is 0.0978. The number of halogens is 1. The first-order chi connectivity index (χ1) is 13.4. The van der Waals surface area contributed by atoms with Gasteiger partial charge in [-0.05, 0) is 43.2 Å². The minimum Gasteiger partial charge on any atom is -0.496 e. The molecular weight excluding hydrogens is 402 g/mol. The molecule has 0 aliphatic carbocycles. The fraction of sp³-hybridized carbons (Fsp3) is 0.368. The van der Waals surface area contributed by atoms with Crippen molar-refractivity contribution in [2.24, 2.45) is 0 Å². The van der Waals surface area contributed by atoms with E-state index >= 15 is 0 Å². The van der Waals surface area contributed by atoms with E-state index in [0.29, 0.717) is 5.02 Å². The van der Waals surface area contributed by atoms with Crippen molar-refractivity contribution in [3.63, 3.8) is 0 Å². The number of aromatic nitrogens is 1. The second-order valence-electron chi connectivity index (χ2n) is 6.53. The molecule has 0 radical (unpaired) electrons. The predicted octanol–water partition coefficient (Wildman–Crippen LogP) is 3.24. The van der Waals surface area contributed by atoms with E-state index in [1.165, 1.54) is 50.4 Å². The maximum Gasteiger partial charge on any atom is 0.268 e. The van der Waals surface area contributed by atoms with E-state index in [2.05, 4.69) is 9.88 Å². The van der Waals surface area contributed by atoms with E-state index in [-0.39, 0.29) is 16.2 Å². The Labute approximate surface area is 169 Å². The summed E-state index contributed by atoms with van der Waals surface area (Å²) in [6.07, 6.45) is 5.86. The number of nitrogens with zero attached hydrogens (tertiary/aromatic N) is 2. The summed E-state index contributed by atoms with van der Waals surface area (Å²) in [5.74, 6) is 0.131. The molecule has 1 amide bonds. The number of methoxy groups -OCH3 is 1. The van der Waals surface area contributed by atoms with Crippen LogP contribution in [-0.4, -0.2) is 39.5 Å². The molecule has 1 fully saturated rings. The van der Waals surface area contributed by atoms with Gasteiger partial charge in [-0.25, -0.2) is 18.1 Å². The first kappa shape index (κ1) is 20.4. The van der Waals surface area contributed by atoms with Gasteiger partial charge in [-0.3, -0.25) is 4.79 Å². The van der Waals surface area contributed by atoms with Crippen molar-refractivity contribution in [3.8, 4) is 5.75 Å². The van der Waals surface area contributed by atoms with Crippen LogP contribution in [0.4, 0.5) is 5.82 Å². The Balaban J connectivity index is 1.76. The number of nitrogens with one attached hydrogen (secondary N) is 1. The summed E-state index contributed by atoms with van der Waals surface area (Å²) < 4.78 is 32.3. The van der Waals surface area contributed by atoms with Gasteiger partial charge in [-0.15, -0.1) is 0 Å². The third kappa shape index (κ3) is 4.74. The third-order valence-electron chi connectivity index (χ3n) is 4.60. The normalized spacial score (nSPS) is 15.0. The van der Waals surface area contributed by atoms with Crippen LogP contribution in [0.3, 0.4) is 0 Å². The summed E-state index contributed by atoms with van der Waals surface area (Å²) in [6.45, 7) is 1.82. The Morgan fingerprint density at radius 2 is 1.86 bits per heavy atom. The minimum absolute atomic E-state index is 0.0737. The van der Waals surface area contributed by atoms with Gasteiger partial charge in [-0.2, -0.15) is 0 Å². The number of pyridine rings is 1. The first-order valence-corrected chi connectivity index (χ1v) is 10.9. The number of hydrogen-bond acceptors (Lipinski definition) is 6. The van der Waals surface area contributed by atoms with Gasteiger partial charge >= 0.3 is 0 Å². The number of rotatable bonds is 5. The SMILES string of the molecule is COc1cc(Cl)ccc1C(=O)NS(=O)(=O)c1ccc(N2CCCCCC2)nc1. The van der Waals surface area contributed by atoms with Gasteiger partial charge in [0.1, 0.15) is 16.5 Å². The molecule has 1 aliphatic rings. The number of ether oxygens (including phenoxy) is 1. The first-order valence-electron chi connectivity index (χ1n) is 9.02. The molecule has 0 unspecified atom stereocenters. The van der Waals surface area contributed by atoms with Crippen molar-refractivity contribution in [3.05, 3.63) is 47.1 Å². The van der Waals surface area contributed by atoms with Crippen LogP contribution in [0.1, 0.15) is 36.0 Å².